The van der Waals surface area contributed by atoms with Crippen LogP contribution in [0.25, 0.3) is 11.1 Å². The van der Waals surface area contributed by atoms with Gasteiger partial charge >= 0.3 is 30.1 Å². The number of nitrogens with one attached hydrogen (secondary N) is 5. The van der Waals surface area contributed by atoms with Gasteiger partial charge in [-0.15, -0.1) is 0 Å². The van der Waals surface area contributed by atoms with Gasteiger partial charge in [-0.2, -0.15) is 0 Å². The van der Waals surface area contributed by atoms with Crippen LogP contribution in [0.4, 0.5) is 9.59 Å². The van der Waals surface area contributed by atoms with E-state index in [1.807, 2.05) is 62.4 Å². The average Bonchev–Trinajstić information content (AvgIpc) is 3.59. The molecule has 2 aromatic rings. The van der Waals surface area contributed by atoms with E-state index in [1.165, 1.54) is 0 Å². The largest absolute Gasteiger partial charge is 0.466 e. The van der Waals surface area contributed by atoms with Gasteiger partial charge in [0.25, 0.3) is 0 Å². The summed E-state index contributed by atoms with van der Waals surface area (Å²) in [5.41, 5.74) is 2.48. The summed E-state index contributed by atoms with van der Waals surface area (Å²) in [7, 11) is 0. The Morgan fingerprint density at radius 2 is 1.13 bits per heavy atom. The summed E-state index contributed by atoms with van der Waals surface area (Å²) < 4.78 is 26.9. The lowest BCUT2D eigenvalue weighted by atomic mass is 9.98. The Bertz CT molecular complexity index is 1970. The van der Waals surface area contributed by atoms with Crippen LogP contribution in [-0.4, -0.2) is 110 Å². The third-order valence-corrected chi connectivity index (χ3v) is 10.4. The molecule has 1 aliphatic rings. The molecule has 0 radical (unpaired) electrons. The van der Waals surface area contributed by atoms with E-state index in [2.05, 4.69) is 26.6 Å². The predicted octanol–water partition coefficient (Wildman–Crippen LogP) is 6.26. The summed E-state index contributed by atoms with van der Waals surface area (Å²) >= 11 is 0. The number of carbonyl (C=O) groups is 8. The lowest BCUT2D eigenvalue weighted by Gasteiger charge is -2.24. The number of rotatable bonds is 27. The van der Waals surface area contributed by atoms with E-state index in [4.69, 9.17) is 23.7 Å². The number of amides is 5. The van der Waals surface area contributed by atoms with E-state index in [1.54, 1.807) is 41.5 Å². The molecule has 18 heteroatoms. The molecule has 18 nitrogen and oxygen atoms in total. The van der Waals surface area contributed by atoms with Gasteiger partial charge in [-0.25, -0.2) is 14.4 Å². The zero-order valence-corrected chi connectivity index (χ0v) is 41.0. The highest BCUT2D eigenvalue weighted by atomic mass is 16.6. The molecule has 0 bridgehead atoms. The Kier molecular flexibility index (Phi) is 23.3. The van der Waals surface area contributed by atoms with E-state index < -0.39 is 90.1 Å². The molecule has 3 atom stereocenters. The molecule has 68 heavy (non-hydrogen) atoms. The molecule has 0 aliphatic heterocycles. The molecule has 0 spiro atoms. The first-order valence-electron chi connectivity index (χ1n) is 23.7. The van der Waals surface area contributed by atoms with Gasteiger partial charge in [0, 0.05) is 25.3 Å². The monoisotopic (exact) mass is 952 g/mol. The molecule has 2 aromatic carbocycles. The van der Waals surface area contributed by atoms with Crippen molar-refractivity contribution in [2.45, 2.75) is 161 Å². The molecule has 5 N–H and O–H groups in total. The van der Waals surface area contributed by atoms with Gasteiger partial charge in [-0.05, 0) is 109 Å². The number of ether oxygens (including phenoxy) is 5. The minimum atomic E-state index is -1.43. The Balaban J connectivity index is 1.80. The third-order valence-electron chi connectivity index (χ3n) is 10.4. The van der Waals surface area contributed by atoms with Crippen molar-refractivity contribution in [3.63, 3.8) is 0 Å². The molecule has 0 saturated heterocycles. The summed E-state index contributed by atoms with van der Waals surface area (Å²) in [5, 5.41) is 13.0. The van der Waals surface area contributed by atoms with Crippen molar-refractivity contribution in [1.29, 1.82) is 0 Å². The molecule has 0 aromatic heterocycles. The van der Waals surface area contributed by atoms with Gasteiger partial charge in [-0.1, -0.05) is 75.2 Å². The maximum absolute atomic E-state index is 14.2. The minimum Gasteiger partial charge on any atom is -0.466 e. The Hall–Kier alpha value is -6.20. The maximum atomic E-state index is 14.2. The molecule has 5 amide bonds. The van der Waals surface area contributed by atoms with Gasteiger partial charge in [-0.3, -0.25) is 24.0 Å². The summed E-state index contributed by atoms with van der Waals surface area (Å²) in [4.78, 5) is 105. The molecule has 376 valence electrons. The molecular weight excluding hydrogens is 879 g/mol. The van der Waals surface area contributed by atoms with E-state index in [0.29, 0.717) is 25.7 Å². The van der Waals surface area contributed by atoms with Crippen molar-refractivity contribution in [2.24, 2.45) is 0 Å². The number of hydrogen-bond acceptors (Lipinski definition) is 13. The van der Waals surface area contributed by atoms with Crippen LogP contribution in [0.15, 0.2) is 48.5 Å². The van der Waals surface area contributed by atoms with Crippen LogP contribution in [0, 0.1) is 0 Å². The highest BCUT2D eigenvalue weighted by molar-refractivity contribution is 5.93. The highest BCUT2D eigenvalue weighted by Crippen LogP contribution is 2.44. The number of alkyl carbamates (subject to hydrolysis) is 2. The van der Waals surface area contributed by atoms with E-state index in [9.17, 15) is 38.4 Å². The van der Waals surface area contributed by atoms with E-state index >= 15 is 0 Å². The van der Waals surface area contributed by atoms with Crippen LogP contribution in [0.5, 0.6) is 0 Å². The summed E-state index contributed by atoms with van der Waals surface area (Å²) in [6.07, 6.45) is 1.09. The van der Waals surface area contributed by atoms with E-state index in [0.717, 1.165) is 35.1 Å². The summed E-state index contributed by atoms with van der Waals surface area (Å²) in [5.74, 6) is -4.60. The van der Waals surface area contributed by atoms with Crippen LogP contribution in [0.1, 0.15) is 143 Å². The SMILES string of the molecule is CCCCOC(=O)CCC(NC(=O)CCC(NC(=O)C(CCCCNC(=O)OC(C)(C)C)NC(=O)OCC1c2ccccc2-c2ccccc21)C(=O)NCC(=O)OC(C)(C)C)C(=O)OCCCC. The lowest BCUT2D eigenvalue weighted by molar-refractivity contribution is -0.154. The fourth-order valence-corrected chi connectivity index (χ4v) is 7.10. The Morgan fingerprint density at radius 1 is 0.559 bits per heavy atom. The van der Waals surface area contributed by atoms with Gasteiger partial charge in [0.1, 0.15) is 42.5 Å². The fraction of sp³-hybridized carbons (Fsp3) is 0.600. The molecular formula is C50H73N5O13. The van der Waals surface area contributed by atoms with E-state index in [-0.39, 0.29) is 58.0 Å². The molecule has 3 rings (SSSR count). The zero-order valence-electron chi connectivity index (χ0n) is 41.0. The molecule has 0 saturated carbocycles. The quantitative estimate of drug-likeness (QED) is 0.0378. The minimum absolute atomic E-state index is 0.0357. The zero-order chi connectivity index (χ0) is 50.3. The standard InChI is InChI=1S/C50H73N5O13/c1-9-11-29-64-42(57)27-25-40(46(61)65-30-12-10-2)53-41(56)26-24-39(44(59)52-31-43(58)67-49(3,4)5)54-45(60)38(23-17-18-28-51-47(62)68-50(6,7)8)55-48(63)66-32-37-35-21-15-13-19-33(35)34-20-14-16-22-36(34)37/h13-16,19-22,37-40H,9-12,17-18,23-32H2,1-8H3,(H,51,62)(H,52,59)(H,53,56)(H,54,60)(H,55,63). The van der Waals surface area contributed by atoms with Crippen LogP contribution < -0.4 is 26.6 Å². The van der Waals surface area contributed by atoms with Gasteiger partial charge in [0.15, 0.2) is 0 Å². The van der Waals surface area contributed by atoms with Crippen molar-refractivity contribution in [2.75, 3.05) is 32.9 Å². The van der Waals surface area contributed by atoms with Crippen molar-refractivity contribution in [1.82, 2.24) is 26.6 Å². The van der Waals surface area contributed by atoms with Crippen LogP contribution in [-0.2, 0) is 52.5 Å². The normalized spacial score (nSPS) is 13.3. The Labute approximate surface area is 400 Å². The number of carbonyl (C=O) groups excluding carboxylic acids is 8. The van der Waals surface area contributed by atoms with Crippen molar-refractivity contribution >= 4 is 47.8 Å². The predicted molar refractivity (Wildman–Crippen MR) is 253 cm³/mol. The Morgan fingerprint density at radius 3 is 1.74 bits per heavy atom. The second kappa shape index (κ2) is 28.2. The fourth-order valence-electron chi connectivity index (χ4n) is 7.10. The van der Waals surface area contributed by atoms with Crippen LogP contribution >= 0.6 is 0 Å². The summed E-state index contributed by atoms with van der Waals surface area (Å²) in [6.45, 7) is 14.0. The van der Waals surface area contributed by atoms with Gasteiger partial charge in [0.2, 0.25) is 17.7 Å². The lowest BCUT2D eigenvalue weighted by Crippen LogP contribution is -2.54. The van der Waals surface area contributed by atoms with Gasteiger partial charge < -0.3 is 50.3 Å². The smallest absolute Gasteiger partial charge is 0.407 e. The maximum Gasteiger partial charge on any atom is 0.407 e. The van der Waals surface area contributed by atoms with Crippen LogP contribution in [0.3, 0.4) is 0 Å². The number of unbranched alkanes of at least 4 members (excludes halogenated alkanes) is 3. The van der Waals surface area contributed by atoms with Crippen molar-refractivity contribution in [3.8, 4) is 11.1 Å². The number of hydrogen-bond donors (Lipinski definition) is 5. The first-order chi connectivity index (χ1) is 32.2. The second-order valence-corrected chi connectivity index (χ2v) is 18.6. The average molecular weight is 952 g/mol. The van der Waals surface area contributed by atoms with Crippen molar-refractivity contribution < 1.29 is 62.0 Å². The van der Waals surface area contributed by atoms with Gasteiger partial charge in [0.05, 0.1) is 13.2 Å². The molecule has 0 fully saturated rings. The second-order valence-electron chi connectivity index (χ2n) is 18.6. The summed E-state index contributed by atoms with van der Waals surface area (Å²) in [6, 6.07) is 11.8. The number of fused-ring (bicyclic) bond motifs is 3. The number of benzene rings is 2. The first-order valence-corrected chi connectivity index (χ1v) is 23.7. The molecule has 0 heterocycles. The third kappa shape index (κ3) is 20.8. The topological polar surface area (TPSA) is 243 Å². The van der Waals surface area contributed by atoms with Crippen LogP contribution in [0.2, 0.25) is 0 Å². The molecule has 3 unspecified atom stereocenters. The highest BCUT2D eigenvalue weighted by Gasteiger charge is 2.32. The number of esters is 3. The van der Waals surface area contributed by atoms with Crippen molar-refractivity contribution in [3.05, 3.63) is 59.7 Å². The first kappa shape index (κ1) is 56.1. The molecule has 1 aliphatic carbocycles.